The third-order valence-electron chi connectivity index (χ3n) is 0.574. The van der Waals surface area contributed by atoms with Crippen LogP contribution in [0.3, 0.4) is 0 Å². The predicted octanol–water partition coefficient (Wildman–Crippen LogP) is -3.84. The number of hydrogen-bond acceptors (Lipinski definition) is 1. The summed E-state index contributed by atoms with van der Waals surface area (Å²) in [4.78, 5) is 10.2. The minimum atomic E-state index is 0.241. The quantitative estimate of drug-likeness (QED) is 0.241. The summed E-state index contributed by atoms with van der Waals surface area (Å²) in [6, 6.07) is 0. The first-order valence-corrected chi connectivity index (χ1v) is 4.75. The van der Waals surface area contributed by atoms with E-state index in [9.17, 15) is 4.79 Å². The fourth-order valence-electron chi connectivity index (χ4n) is 0.302. The molecule has 0 aromatic carbocycles. The van der Waals surface area contributed by atoms with Gasteiger partial charge in [-0.3, -0.25) is 0 Å². The zero-order valence-electron chi connectivity index (χ0n) is 3.20. The van der Waals surface area contributed by atoms with Crippen LogP contribution in [-0.4, -0.2) is 14.9 Å². The first-order valence-electron chi connectivity index (χ1n) is 1.70. The zero-order valence-corrected chi connectivity index (χ0v) is 5.36. The maximum absolute atomic E-state index is 10.2. The molecule has 3 heteroatoms. The van der Waals surface area contributed by atoms with Crippen LogP contribution < -0.4 is 26.5 Å². The van der Waals surface area contributed by atoms with E-state index in [-0.39, 0.29) is 27.1 Å². The third-order valence-corrected chi connectivity index (χ3v) is 2.73. The molecule has 1 heterocycles. The molecule has 0 saturated carbocycles. The first-order chi connectivity index (χ1) is 2.89. The van der Waals surface area contributed by atoms with E-state index in [1.54, 1.807) is 0 Å². The van der Waals surface area contributed by atoms with Crippen molar-refractivity contribution in [2.75, 3.05) is 8.98 Å². The van der Waals surface area contributed by atoms with Gasteiger partial charge in [0.05, 0.1) is 0 Å². The Balaban J connectivity index is 2.37. The second-order valence-corrected chi connectivity index (χ2v) is 3.66. The molecule has 0 bridgehead atoms. The van der Waals surface area contributed by atoms with Gasteiger partial charge in [-0.2, -0.15) is 0 Å². The topological polar surface area (TPSA) is 29.1 Å². The van der Waals surface area contributed by atoms with Crippen molar-refractivity contribution in [1.29, 1.82) is 0 Å². The van der Waals surface area contributed by atoms with Crippen molar-refractivity contribution < 1.29 is 26.0 Å². The number of amides is 1. The zero-order chi connectivity index (χ0) is 4.41. The summed E-state index contributed by atoms with van der Waals surface area (Å²) in [5.41, 5.74) is 0. The number of halogens is 1. The van der Waals surface area contributed by atoms with E-state index in [1.165, 1.54) is 0 Å². The van der Waals surface area contributed by atoms with Crippen LogP contribution in [0.2, 0.25) is 0 Å². The van der Waals surface area contributed by atoms with Gasteiger partial charge in [0.15, 0.2) is 0 Å². The fourth-order valence-corrected chi connectivity index (χ4v) is 2.03. The Morgan fingerprint density at radius 3 is 2.83 bits per heavy atom. The van der Waals surface area contributed by atoms with E-state index >= 15 is 0 Å². The van der Waals surface area contributed by atoms with Gasteiger partial charge >= 0.3 is 46.2 Å². The van der Waals surface area contributed by atoms with Crippen LogP contribution in [0, 0.1) is 0 Å². The number of alkyl halides is 2. The Morgan fingerprint density at radius 2 is 2.67 bits per heavy atom. The molecule has 0 atom stereocenters. The van der Waals surface area contributed by atoms with E-state index in [1.807, 2.05) is 0 Å². The molecule has 1 aliphatic rings. The molecule has 0 aliphatic carbocycles. The average Bonchev–Trinajstić information content (AvgIpc) is 1.86. The summed E-state index contributed by atoms with van der Waals surface area (Å²) < 4.78 is 1.84. The second kappa shape index (κ2) is 1.77. The molecular weight excluding hydrogens is 193 g/mol. The summed E-state index contributed by atoms with van der Waals surface area (Å²) >= 11 is 0.241. The average molecular weight is 198 g/mol. The van der Waals surface area contributed by atoms with Gasteiger partial charge in [0.1, 0.15) is 0 Å². The van der Waals surface area contributed by atoms with Crippen LogP contribution in [0.25, 0.3) is 0 Å². The number of hydrogen-bond donors (Lipinski definition) is 1. The van der Waals surface area contributed by atoms with Crippen molar-refractivity contribution in [3.05, 3.63) is 0 Å². The Bertz CT molecular complexity index is 65.2. The third kappa shape index (κ3) is 0.830. The summed E-state index contributed by atoms with van der Waals surface area (Å²) in [5, 5.41) is 2.73. The van der Waals surface area contributed by atoms with Crippen LogP contribution >= 0.6 is 0 Å². The number of carbonyl (C=O) groups excluding carboxylic acids is 1. The Kier molecular flexibility index (Phi) is 1.29. The molecule has 1 amide bonds. The van der Waals surface area contributed by atoms with Crippen LogP contribution in [0.1, 0.15) is 0 Å². The van der Waals surface area contributed by atoms with Crippen molar-refractivity contribution in [3.8, 4) is 0 Å². The number of nitrogens with one attached hydrogen (secondary N) is 1. The van der Waals surface area contributed by atoms with Crippen LogP contribution in [-0.2, 0) is 4.79 Å². The van der Waals surface area contributed by atoms with Crippen molar-refractivity contribution in [2.24, 2.45) is 0 Å². The van der Waals surface area contributed by atoms with Gasteiger partial charge in [0.25, 0.3) is 0 Å². The Labute approximate surface area is 46.6 Å². The molecule has 0 unspecified atom stereocenters. The number of carbonyl (C=O) groups is 1. The first kappa shape index (κ1) is 4.36. The SMILES string of the molecule is O=C1C[I-]CN1. The molecule has 1 fully saturated rings. The van der Waals surface area contributed by atoms with Crippen molar-refractivity contribution >= 4 is 5.91 Å². The molecule has 1 rings (SSSR count). The summed E-state index contributed by atoms with van der Waals surface area (Å²) in [7, 11) is 0. The Hall–Kier alpha value is 0.200. The van der Waals surface area contributed by atoms with Gasteiger partial charge in [-0.05, 0) is 0 Å². The van der Waals surface area contributed by atoms with Gasteiger partial charge in [-0.1, -0.05) is 0 Å². The van der Waals surface area contributed by atoms with Crippen molar-refractivity contribution in [2.45, 2.75) is 0 Å². The molecule has 36 valence electrons. The van der Waals surface area contributed by atoms with Gasteiger partial charge < -0.3 is 0 Å². The molecule has 0 aromatic heterocycles. The molecule has 1 saturated heterocycles. The molecule has 0 radical (unpaired) electrons. The maximum atomic E-state index is 10.2. The fraction of sp³-hybridized carbons (Fsp3) is 0.667. The Morgan fingerprint density at radius 1 is 1.83 bits per heavy atom. The van der Waals surface area contributed by atoms with Crippen LogP contribution in [0.4, 0.5) is 0 Å². The van der Waals surface area contributed by atoms with Gasteiger partial charge in [0, 0.05) is 0 Å². The summed E-state index contributed by atoms with van der Waals surface area (Å²) in [5.74, 6) is 0.253. The predicted molar refractivity (Wildman–Crippen MR) is 17.9 cm³/mol. The summed E-state index contributed by atoms with van der Waals surface area (Å²) in [6.07, 6.45) is 0. The van der Waals surface area contributed by atoms with Gasteiger partial charge in [0.2, 0.25) is 0 Å². The van der Waals surface area contributed by atoms with E-state index in [0.29, 0.717) is 0 Å². The van der Waals surface area contributed by atoms with E-state index < -0.39 is 0 Å². The molecule has 0 aromatic rings. The molecule has 6 heavy (non-hydrogen) atoms. The van der Waals surface area contributed by atoms with E-state index in [4.69, 9.17) is 0 Å². The van der Waals surface area contributed by atoms with Gasteiger partial charge in [-0.25, -0.2) is 0 Å². The van der Waals surface area contributed by atoms with Crippen molar-refractivity contribution in [1.82, 2.24) is 5.32 Å². The molecule has 0 spiro atoms. The van der Waals surface area contributed by atoms with Crippen LogP contribution in [0.15, 0.2) is 0 Å². The van der Waals surface area contributed by atoms with Crippen LogP contribution in [0.5, 0.6) is 0 Å². The number of rotatable bonds is 0. The molecule has 1 aliphatic heterocycles. The molecule has 1 N–H and O–H groups in total. The monoisotopic (exact) mass is 198 g/mol. The second-order valence-electron chi connectivity index (χ2n) is 1.06. The standard InChI is InChI=1S/C3H5INO/c6-3-1-4-2-5-3/h1-2H2,(H,5,6)/q-1. The molecular formula is C3H5INO-. The summed E-state index contributed by atoms with van der Waals surface area (Å²) in [6.45, 7) is 0. The minimum absolute atomic E-state index is 0.241. The van der Waals surface area contributed by atoms with Crippen molar-refractivity contribution in [3.63, 3.8) is 0 Å². The van der Waals surface area contributed by atoms with E-state index in [0.717, 1.165) is 8.98 Å². The van der Waals surface area contributed by atoms with Gasteiger partial charge in [-0.15, -0.1) is 0 Å². The normalized spacial score (nSPS) is 22.3. The van der Waals surface area contributed by atoms with E-state index in [2.05, 4.69) is 5.32 Å². The molecule has 2 nitrogen and oxygen atoms in total.